The zero-order chi connectivity index (χ0) is 12.5. The largest absolute Gasteiger partial charge is 0.508 e. The summed E-state index contributed by atoms with van der Waals surface area (Å²) in [6.45, 7) is 0. The maximum atomic E-state index is 9.31. The van der Waals surface area contributed by atoms with Crippen molar-refractivity contribution in [2.45, 2.75) is 0 Å². The molecule has 88 valence electrons. The molecule has 1 aromatic heterocycles. The van der Waals surface area contributed by atoms with Crippen LogP contribution in [0.25, 0.3) is 22.0 Å². The zero-order valence-corrected chi connectivity index (χ0v) is 10.9. The van der Waals surface area contributed by atoms with E-state index in [9.17, 15) is 5.11 Å². The van der Waals surface area contributed by atoms with Gasteiger partial charge in [0.05, 0.1) is 6.20 Å². The molecule has 0 bridgehead atoms. The van der Waals surface area contributed by atoms with Crippen molar-refractivity contribution in [1.82, 2.24) is 10.2 Å². The quantitative estimate of drug-likeness (QED) is 0.744. The molecule has 3 rings (SSSR count). The van der Waals surface area contributed by atoms with Crippen molar-refractivity contribution in [3.8, 4) is 17.0 Å². The van der Waals surface area contributed by atoms with E-state index in [2.05, 4.69) is 26.1 Å². The molecule has 1 heterocycles. The fourth-order valence-corrected chi connectivity index (χ4v) is 2.27. The van der Waals surface area contributed by atoms with Crippen LogP contribution in [0.15, 0.2) is 53.1 Å². The standard InChI is InChI=1S/C14H9BrN2O/c15-11-3-6-13-10(7-11)8-16-17-14(13)9-1-4-12(18)5-2-9/h1-8,18H. The summed E-state index contributed by atoms with van der Waals surface area (Å²) in [6.07, 6.45) is 1.74. The monoisotopic (exact) mass is 300 g/mol. The van der Waals surface area contributed by atoms with Crippen LogP contribution >= 0.6 is 15.9 Å². The van der Waals surface area contributed by atoms with Gasteiger partial charge in [0, 0.05) is 20.8 Å². The Morgan fingerprint density at radius 3 is 2.56 bits per heavy atom. The molecule has 3 nitrogen and oxygen atoms in total. The molecule has 0 fully saturated rings. The first-order valence-corrected chi connectivity index (χ1v) is 6.24. The normalized spacial score (nSPS) is 10.7. The molecule has 0 unspecified atom stereocenters. The summed E-state index contributed by atoms with van der Waals surface area (Å²) in [4.78, 5) is 0. The highest BCUT2D eigenvalue weighted by molar-refractivity contribution is 9.10. The molecule has 18 heavy (non-hydrogen) atoms. The second-order valence-corrected chi connectivity index (χ2v) is 4.89. The summed E-state index contributed by atoms with van der Waals surface area (Å²) >= 11 is 3.44. The van der Waals surface area contributed by atoms with Crippen LogP contribution in [-0.2, 0) is 0 Å². The van der Waals surface area contributed by atoms with Gasteiger partial charge in [-0.1, -0.05) is 22.0 Å². The molecule has 4 heteroatoms. The summed E-state index contributed by atoms with van der Waals surface area (Å²) < 4.78 is 1.01. The summed E-state index contributed by atoms with van der Waals surface area (Å²) in [7, 11) is 0. The predicted molar refractivity (Wildman–Crippen MR) is 74.3 cm³/mol. The highest BCUT2D eigenvalue weighted by Crippen LogP contribution is 2.28. The lowest BCUT2D eigenvalue weighted by Gasteiger charge is -2.05. The molecule has 2 aromatic carbocycles. The van der Waals surface area contributed by atoms with E-state index in [4.69, 9.17) is 0 Å². The predicted octanol–water partition coefficient (Wildman–Crippen LogP) is 3.76. The van der Waals surface area contributed by atoms with Crippen LogP contribution in [0.4, 0.5) is 0 Å². The van der Waals surface area contributed by atoms with Gasteiger partial charge in [-0.3, -0.25) is 0 Å². The number of nitrogens with zero attached hydrogens (tertiary/aromatic N) is 2. The first kappa shape index (κ1) is 11.2. The van der Waals surface area contributed by atoms with Crippen molar-refractivity contribution in [1.29, 1.82) is 0 Å². The van der Waals surface area contributed by atoms with Gasteiger partial charge in [0.15, 0.2) is 0 Å². The van der Waals surface area contributed by atoms with Gasteiger partial charge in [-0.2, -0.15) is 5.10 Å². The number of rotatable bonds is 1. The minimum atomic E-state index is 0.245. The Labute approximate surface area is 112 Å². The van der Waals surface area contributed by atoms with Gasteiger partial charge in [0.1, 0.15) is 11.4 Å². The highest BCUT2D eigenvalue weighted by Gasteiger charge is 2.06. The number of phenols is 1. The molecular formula is C14H9BrN2O. The summed E-state index contributed by atoms with van der Waals surface area (Å²) in [5.74, 6) is 0.245. The fraction of sp³-hybridized carbons (Fsp3) is 0. The van der Waals surface area contributed by atoms with Crippen LogP contribution < -0.4 is 0 Å². The Morgan fingerprint density at radius 2 is 1.78 bits per heavy atom. The number of aromatic hydroxyl groups is 1. The Bertz CT molecular complexity index is 711. The Kier molecular flexibility index (Phi) is 2.72. The van der Waals surface area contributed by atoms with Crippen LogP contribution in [0.1, 0.15) is 0 Å². The van der Waals surface area contributed by atoms with Crippen LogP contribution in [0, 0.1) is 0 Å². The minimum Gasteiger partial charge on any atom is -0.508 e. The van der Waals surface area contributed by atoms with E-state index < -0.39 is 0 Å². The first-order chi connectivity index (χ1) is 8.74. The van der Waals surface area contributed by atoms with Gasteiger partial charge in [-0.25, -0.2) is 0 Å². The van der Waals surface area contributed by atoms with E-state index >= 15 is 0 Å². The van der Waals surface area contributed by atoms with Crippen molar-refractivity contribution >= 4 is 26.7 Å². The Morgan fingerprint density at radius 1 is 1.00 bits per heavy atom. The van der Waals surface area contributed by atoms with Gasteiger partial charge >= 0.3 is 0 Å². The smallest absolute Gasteiger partial charge is 0.115 e. The molecule has 3 aromatic rings. The van der Waals surface area contributed by atoms with Gasteiger partial charge in [0.2, 0.25) is 0 Å². The molecule has 0 amide bonds. The molecule has 0 aliphatic rings. The molecule has 0 radical (unpaired) electrons. The molecule has 0 saturated carbocycles. The number of phenolic OH excluding ortho intramolecular Hbond substituents is 1. The van der Waals surface area contributed by atoms with E-state index in [0.29, 0.717) is 0 Å². The van der Waals surface area contributed by atoms with Crippen molar-refractivity contribution in [3.63, 3.8) is 0 Å². The maximum absolute atomic E-state index is 9.31. The van der Waals surface area contributed by atoms with Crippen molar-refractivity contribution < 1.29 is 5.11 Å². The average molecular weight is 301 g/mol. The van der Waals surface area contributed by atoms with E-state index in [-0.39, 0.29) is 5.75 Å². The molecule has 0 aliphatic carbocycles. The van der Waals surface area contributed by atoms with Crippen LogP contribution in [0.3, 0.4) is 0 Å². The lowest BCUT2D eigenvalue weighted by Crippen LogP contribution is -1.89. The lowest BCUT2D eigenvalue weighted by atomic mass is 10.1. The van der Waals surface area contributed by atoms with Gasteiger partial charge in [0.25, 0.3) is 0 Å². The van der Waals surface area contributed by atoms with Crippen LogP contribution in [-0.4, -0.2) is 15.3 Å². The van der Waals surface area contributed by atoms with Gasteiger partial charge < -0.3 is 5.11 Å². The molecule has 0 saturated heterocycles. The number of hydrogen-bond acceptors (Lipinski definition) is 3. The Hall–Kier alpha value is -1.94. The fourth-order valence-electron chi connectivity index (χ4n) is 1.89. The molecule has 0 spiro atoms. The topological polar surface area (TPSA) is 46.0 Å². The van der Waals surface area contributed by atoms with E-state index in [1.807, 2.05) is 30.3 Å². The summed E-state index contributed by atoms with van der Waals surface area (Å²) in [6, 6.07) is 13.0. The van der Waals surface area contributed by atoms with Crippen LogP contribution in [0.2, 0.25) is 0 Å². The molecular weight excluding hydrogens is 292 g/mol. The number of fused-ring (bicyclic) bond motifs is 1. The van der Waals surface area contributed by atoms with Gasteiger partial charge in [-0.15, -0.1) is 5.10 Å². The number of hydrogen-bond donors (Lipinski definition) is 1. The third-order valence-electron chi connectivity index (χ3n) is 2.76. The third kappa shape index (κ3) is 1.95. The summed E-state index contributed by atoms with van der Waals surface area (Å²) in [5, 5.41) is 19.6. The van der Waals surface area contributed by atoms with Crippen molar-refractivity contribution in [3.05, 3.63) is 53.1 Å². The third-order valence-corrected chi connectivity index (χ3v) is 3.26. The average Bonchev–Trinajstić information content (AvgIpc) is 2.38. The highest BCUT2D eigenvalue weighted by atomic mass is 79.9. The SMILES string of the molecule is Oc1ccc(-c2nncc3cc(Br)ccc23)cc1. The first-order valence-electron chi connectivity index (χ1n) is 5.44. The van der Waals surface area contributed by atoms with E-state index in [0.717, 1.165) is 26.5 Å². The van der Waals surface area contributed by atoms with E-state index in [1.165, 1.54) is 0 Å². The molecule has 0 aliphatic heterocycles. The van der Waals surface area contributed by atoms with Crippen molar-refractivity contribution in [2.75, 3.05) is 0 Å². The van der Waals surface area contributed by atoms with Crippen molar-refractivity contribution in [2.24, 2.45) is 0 Å². The molecule has 0 atom stereocenters. The van der Waals surface area contributed by atoms with Gasteiger partial charge in [-0.05, 0) is 36.4 Å². The zero-order valence-electron chi connectivity index (χ0n) is 9.34. The lowest BCUT2D eigenvalue weighted by molar-refractivity contribution is 0.475. The Balaban J connectivity index is 2.26. The minimum absolute atomic E-state index is 0.245. The number of aromatic nitrogens is 2. The van der Waals surface area contributed by atoms with E-state index in [1.54, 1.807) is 18.3 Å². The number of halogens is 1. The molecule has 1 N–H and O–H groups in total. The number of benzene rings is 2. The maximum Gasteiger partial charge on any atom is 0.115 e. The second-order valence-electron chi connectivity index (χ2n) is 3.97. The summed E-state index contributed by atoms with van der Waals surface area (Å²) in [5.41, 5.74) is 1.76. The second kappa shape index (κ2) is 4.38. The van der Waals surface area contributed by atoms with Crippen LogP contribution in [0.5, 0.6) is 5.75 Å².